The molecule has 0 radical (unpaired) electrons. The van der Waals surface area contributed by atoms with E-state index >= 15 is 0 Å². The molecule has 1 atom stereocenters. The average Bonchev–Trinajstić information content (AvgIpc) is 2.88. The minimum absolute atomic E-state index is 0.0730. The van der Waals surface area contributed by atoms with Gasteiger partial charge in [0.15, 0.2) is 0 Å². The number of hydrogen-bond donors (Lipinski definition) is 2. The van der Waals surface area contributed by atoms with Gasteiger partial charge < -0.3 is 10.4 Å². The van der Waals surface area contributed by atoms with Crippen LogP contribution in [0.4, 0.5) is 4.39 Å². The maximum absolute atomic E-state index is 13.8. The maximum atomic E-state index is 13.8. The van der Waals surface area contributed by atoms with Crippen LogP contribution in [0.3, 0.4) is 0 Å². The molecule has 1 aromatic carbocycles. The van der Waals surface area contributed by atoms with E-state index in [0.29, 0.717) is 12.1 Å². The van der Waals surface area contributed by atoms with Crippen LogP contribution in [-0.4, -0.2) is 11.7 Å². The van der Waals surface area contributed by atoms with Crippen LogP contribution >= 0.6 is 22.9 Å². The summed E-state index contributed by atoms with van der Waals surface area (Å²) in [4.78, 5) is 1.14. The highest BCUT2D eigenvalue weighted by Gasteiger charge is 2.16. The molecule has 0 fully saturated rings. The van der Waals surface area contributed by atoms with E-state index in [-0.39, 0.29) is 11.6 Å². The second-order valence-corrected chi connectivity index (χ2v) is 5.28. The van der Waals surface area contributed by atoms with E-state index in [1.54, 1.807) is 23.5 Å². The minimum atomic E-state index is -0.475. The number of aliphatic hydroxyl groups is 1. The quantitative estimate of drug-likeness (QED) is 0.883. The first kappa shape index (κ1) is 13.5. The molecule has 5 heteroatoms. The molecule has 1 heterocycles. The lowest BCUT2D eigenvalue weighted by Crippen LogP contribution is -2.24. The fraction of sp³-hybridized carbons (Fsp3) is 0.231. The molecule has 96 valence electrons. The Bertz CT molecular complexity index is 504. The van der Waals surface area contributed by atoms with E-state index in [2.05, 4.69) is 5.32 Å². The summed E-state index contributed by atoms with van der Waals surface area (Å²) >= 11 is 7.35. The lowest BCUT2D eigenvalue weighted by atomic mass is 10.1. The molecule has 0 spiro atoms. The largest absolute Gasteiger partial charge is 0.394 e. The Morgan fingerprint density at radius 1 is 1.33 bits per heavy atom. The van der Waals surface area contributed by atoms with Crippen molar-refractivity contribution in [2.24, 2.45) is 0 Å². The second kappa shape index (κ2) is 6.29. The van der Waals surface area contributed by atoms with Gasteiger partial charge in [0.2, 0.25) is 0 Å². The molecule has 2 aromatic rings. The van der Waals surface area contributed by atoms with Crippen LogP contribution in [0.5, 0.6) is 0 Å². The third kappa shape index (κ3) is 3.09. The highest BCUT2D eigenvalue weighted by molar-refractivity contribution is 7.09. The Kier molecular flexibility index (Phi) is 4.72. The van der Waals surface area contributed by atoms with Gasteiger partial charge in [0.05, 0.1) is 17.7 Å². The molecule has 2 rings (SSSR count). The van der Waals surface area contributed by atoms with Gasteiger partial charge in [0.25, 0.3) is 0 Å². The molecular weight excluding hydrogens is 273 g/mol. The molecule has 0 aliphatic heterocycles. The van der Waals surface area contributed by atoms with Crippen molar-refractivity contribution >= 4 is 22.9 Å². The Hall–Kier alpha value is -0.940. The maximum Gasteiger partial charge on any atom is 0.146 e. The van der Waals surface area contributed by atoms with Crippen LogP contribution in [-0.2, 0) is 6.54 Å². The molecule has 1 unspecified atom stereocenters. The third-order valence-corrected chi connectivity index (χ3v) is 3.81. The predicted octanol–water partition coefficient (Wildman–Crippen LogP) is 3.36. The summed E-state index contributed by atoms with van der Waals surface area (Å²) in [6, 6.07) is 8.29. The van der Waals surface area contributed by atoms with Crippen molar-refractivity contribution in [2.75, 3.05) is 6.61 Å². The molecule has 0 saturated heterocycles. The van der Waals surface area contributed by atoms with Crippen molar-refractivity contribution in [3.8, 4) is 0 Å². The summed E-state index contributed by atoms with van der Waals surface area (Å²) in [5.41, 5.74) is 0.390. The third-order valence-electron chi connectivity index (χ3n) is 2.64. The lowest BCUT2D eigenvalue weighted by molar-refractivity contribution is 0.241. The van der Waals surface area contributed by atoms with Gasteiger partial charge in [-0.3, -0.25) is 0 Å². The minimum Gasteiger partial charge on any atom is -0.394 e. The first-order valence-corrected chi connectivity index (χ1v) is 6.78. The zero-order chi connectivity index (χ0) is 13.0. The van der Waals surface area contributed by atoms with Crippen molar-refractivity contribution in [1.29, 1.82) is 0 Å². The zero-order valence-electron chi connectivity index (χ0n) is 9.57. The summed E-state index contributed by atoms with van der Waals surface area (Å²) in [5, 5.41) is 14.5. The van der Waals surface area contributed by atoms with Crippen molar-refractivity contribution in [3.63, 3.8) is 0 Å². The average molecular weight is 286 g/mol. The van der Waals surface area contributed by atoms with Crippen LogP contribution in [0.15, 0.2) is 35.7 Å². The van der Waals surface area contributed by atoms with Crippen LogP contribution < -0.4 is 5.32 Å². The summed E-state index contributed by atoms with van der Waals surface area (Å²) in [6.07, 6.45) is 0. The van der Waals surface area contributed by atoms with Gasteiger partial charge in [0, 0.05) is 17.0 Å². The first-order chi connectivity index (χ1) is 8.72. The van der Waals surface area contributed by atoms with Crippen molar-refractivity contribution in [1.82, 2.24) is 5.32 Å². The highest BCUT2D eigenvalue weighted by Crippen LogP contribution is 2.23. The van der Waals surface area contributed by atoms with E-state index in [1.807, 2.05) is 17.5 Å². The Balaban J connectivity index is 2.10. The van der Waals surface area contributed by atoms with Gasteiger partial charge in [-0.25, -0.2) is 4.39 Å². The van der Waals surface area contributed by atoms with Crippen molar-refractivity contribution < 1.29 is 9.50 Å². The second-order valence-electron chi connectivity index (χ2n) is 3.84. The fourth-order valence-electron chi connectivity index (χ4n) is 1.70. The molecule has 0 bridgehead atoms. The summed E-state index contributed by atoms with van der Waals surface area (Å²) < 4.78 is 13.8. The van der Waals surface area contributed by atoms with Gasteiger partial charge in [-0.15, -0.1) is 11.3 Å². The number of thiophene rings is 1. The van der Waals surface area contributed by atoms with E-state index in [0.717, 1.165) is 4.88 Å². The van der Waals surface area contributed by atoms with E-state index < -0.39 is 11.9 Å². The zero-order valence-corrected chi connectivity index (χ0v) is 11.1. The van der Waals surface area contributed by atoms with E-state index in [9.17, 15) is 9.50 Å². The molecule has 18 heavy (non-hydrogen) atoms. The van der Waals surface area contributed by atoms with Gasteiger partial charge in [-0.1, -0.05) is 29.8 Å². The number of nitrogens with one attached hydrogen (secondary N) is 1. The summed E-state index contributed by atoms with van der Waals surface area (Å²) in [6.45, 7) is 0.414. The predicted molar refractivity (Wildman–Crippen MR) is 72.4 cm³/mol. The lowest BCUT2D eigenvalue weighted by Gasteiger charge is -2.17. The van der Waals surface area contributed by atoms with Crippen LogP contribution in [0.25, 0.3) is 0 Å². The summed E-state index contributed by atoms with van der Waals surface area (Å²) in [7, 11) is 0. The molecule has 0 aliphatic rings. The number of benzene rings is 1. The Morgan fingerprint density at radius 3 is 2.83 bits per heavy atom. The molecule has 0 aliphatic carbocycles. The van der Waals surface area contributed by atoms with Gasteiger partial charge in [-0.05, 0) is 17.5 Å². The van der Waals surface area contributed by atoms with E-state index in [4.69, 9.17) is 11.6 Å². The number of rotatable bonds is 5. The Labute approximate surface area is 114 Å². The van der Waals surface area contributed by atoms with Crippen LogP contribution in [0, 0.1) is 5.82 Å². The molecule has 2 N–H and O–H groups in total. The molecule has 0 saturated carbocycles. The number of halogens is 2. The molecular formula is C13H13ClFNOS. The molecule has 0 amide bonds. The SMILES string of the molecule is OCC(NCc1cccs1)c1cccc(Cl)c1F. The van der Waals surface area contributed by atoms with Crippen LogP contribution in [0.1, 0.15) is 16.5 Å². The monoisotopic (exact) mass is 285 g/mol. The molecule has 1 aromatic heterocycles. The molecule has 2 nitrogen and oxygen atoms in total. The van der Waals surface area contributed by atoms with Gasteiger partial charge >= 0.3 is 0 Å². The number of aliphatic hydroxyl groups excluding tert-OH is 1. The van der Waals surface area contributed by atoms with Crippen molar-refractivity contribution in [2.45, 2.75) is 12.6 Å². The van der Waals surface area contributed by atoms with E-state index in [1.165, 1.54) is 6.07 Å². The normalized spacial score (nSPS) is 12.6. The smallest absolute Gasteiger partial charge is 0.146 e. The standard InChI is InChI=1S/C13H13ClFNOS/c14-11-5-1-4-10(13(11)15)12(8-17)16-7-9-3-2-6-18-9/h1-6,12,16-17H,7-8H2. The Morgan fingerprint density at radius 2 is 2.17 bits per heavy atom. The van der Waals surface area contributed by atoms with Gasteiger partial charge in [0.1, 0.15) is 5.82 Å². The van der Waals surface area contributed by atoms with Gasteiger partial charge in [-0.2, -0.15) is 0 Å². The number of hydrogen-bond acceptors (Lipinski definition) is 3. The topological polar surface area (TPSA) is 32.3 Å². The fourth-order valence-corrected chi connectivity index (χ4v) is 2.54. The highest BCUT2D eigenvalue weighted by atomic mass is 35.5. The van der Waals surface area contributed by atoms with Crippen LogP contribution in [0.2, 0.25) is 5.02 Å². The summed E-state index contributed by atoms with van der Waals surface area (Å²) in [5.74, 6) is -0.475. The van der Waals surface area contributed by atoms with Crippen molar-refractivity contribution in [3.05, 3.63) is 57.0 Å². The first-order valence-electron chi connectivity index (χ1n) is 5.53.